The van der Waals surface area contributed by atoms with Crippen LogP contribution in [0.2, 0.25) is 0 Å². The van der Waals surface area contributed by atoms with E-state index in [1.165, 1.54) is 3.97 Å². The SMILES string of the molecule is Cc1ccc(S(=O)(=O)n2cc(C)c3cc(Br)ccc32)cc1. The summed E-state index contributed by atoms with van der Waals surface area (Å²) in [5.74, 6) is 0. The van der Waals surface area contributed by atoms with Crippen molar-refractivity contribution in [3.05, 3.63) is 64.3 Å². The number of aryl methyl sites for hydroxylation is 2. The highest BCUT2D eigenvalue weighted by atomic mass is 79.9. The van der Waals surface area contributed by atoms with Crippen molar-refractivity contribution in [2.45, 2.75) is 18.7 Å². The lowest BCUT2D eigenvalue weighted by Crippen LogP contribution is -2.11. The topological polar surface area (TPSA) is 39.1 Å². The van der Waals surface area contributed by atoms with Gasteiger partial charge in [0, 0.05) is 16.1 Å². The van der Waals surface area contributed by atoms with Gasteiger partial charge in [-0.25, -0.2) is 12.4 Å². The Kier molecular flexibility index (Phi) is 3.42. The van der Waals surface area contributed by atoms with Crippen LogP contribution in [-0.2, 0) is 10.0 Å². The van der Waals surface area contributed by atoms with E-state index >= 15 is 0 Å². The summed E-state index contributed by atoms with van der Waals surface area (Å²) in [5, 5.41) is 0.931. The van der Waals surface area contributed by atoms with Crippen LogP contribution in [0.25, 0.3) is 10.9 Å². The van der Waals surface area contributed by atoms with Crippen LogP contribution in [0.4, 0.5) is 0 Å². The Morgan fingerprint density at radius 3 is 2.33 bits per heavy atom. The molecule has 0 aliphatic carbocycles. The van der Waals surface area contributed by atoms with Crippen molar-refractivity contribution in [3.63, 3.8) is 0 Å². The number of halogens is 1. The van der Waals surface area contributed by atoms with E-state index in [1.54, 1.807) is 18.3 Å². The zero-order valence-corrected chi connectivity index (χ0v) is 14.1. The highest BCUT2D eigenvalue weighted by Gasteiger charge is 2.20. The van der Waals surface area contributed by atoms with Crippen LogP contribution in [0.5, 0.6) is 0 Å². The first kappa shape index (κ1) is 14.4. The van der Waals surface area contributed by atoms with Crippen LogP contribution in [0.15, 0.2) is 58.0 Å². The first-order chi connectivity index (χ1) is 9.89. The minimum Gasteiger partial charge on any atom is -0.241 e. The molecule has 108 valence electrons. The zero-order valence-electron chi connectivity index (χ0n) is 11.7. The highest BCUT2D eigenvalue weighted by Crippen LogP contribution is 2.28. The van der Waals surface area contributed by atoms with Crippen molar-refractivity contribution < 1.29 is 8.42 Å². The molecule has 1 aromatic heterocycles. The van der Waals surface area contributed by atoms with Gasteiger partial charge < -0.3 is 0 Å². The Morgan fingerprint density at radius 2 is 1.67 bits per heavy atom. The van der Waals surface area contributed by atoms with Gasteiger partial charge in [-0.1, -0.05) is 33.6 Å². The van der Waals surface area contributed by atoms with Gasteiger partial charge in [0.15, 0.2) is 0 Å². The fourth-order valence-corrected chi connectivity index (χ4v) is 4.14. The van der Waals surface area contributed by atoms with E-state index in [0.717, 1.165) is 21.0 Å². The molecular weight excluding hydrogens is 350 g/mol. The van der Waals surface area contributed by atoms with Crippen LogP contribution in [0.1, 0.15) is 11.1 Å². The number of nitrogens with zero attached hydrogens (tertiary/aromatic N) is 1. The summed E-state index contributed by atoms with van der Waals surface area (Å²) in [7, 11) is -3.57. The average Bonchev–Trinajstić information content (AvgIpc) is 2.77. The number of fused-ring (bicyclic) bond motifs is 1. The molecule has 2 aromatic carbocycles. The predicted octanol–water partition coefficient (Wildman–Crippen LogP) is 4.26. The Bertz CT molecular complexity index is 925. The molecule has 0 N–H and O–H groups in total. The molecule has 0 amide bonds. The van der Waals surface area contributed by atoms with Gasteiger partial charge in [-0.15, -0.1) is 0 Å². The van der Waals surface area contributed by atoms with Crippen molar-refractivity contribution in [2.75, 3.05) is 0 Å². The van der Waals surface area contributed by atoms with Gasteiger partial charge in [-0.3, -0.25) is 0 Å². The minimum absolute atomic E-state index is 0.299. The molecule has 21 heavy (non-hydrogen) atoms. The summed E-state index contributed by atoms with van der Waals surface area (Å²) >= 11 is 3.42. The van der Waals surface area contributed by atoms with E-state index in [1.807, 2.05) is 44.2 Å². The van der Waals surface area contributed by atoms with E-state index in [9.17, 15) is 8.42 Å². The summed E-state index contributed by atoms with van der Waals surface area (Å²) in [6, 6.07) is 12.5. The smallest absolute Gasteiger partial charge is 0.241 e. The Balaban J connectivity index is 2.26. The van der Waals surface area contributed by atoms with Crippen LogP contribution >= 0.6 is 15.9 Å². The molecule has 0 saturated heterocycles. The second-order valence-corrected chi connectivity index (χ2v) is 7.82. The third kappa shape index (κ3) is 2.40. The first-order valence-electron chi connectivity index (χ1n) is 6.49. The van der Waals surface area contributed by atoms with E-state index in [2.05, 4.69) is 15.9 Å². The first-order valence-corrected chi connectivity index (χ1v) is 8.72. The molecule has 0 radical (unpaired) electrons. The second kappa shape index (κ2) is 5.00. The summed E-state index contributed by atoms with van der Waals surface area (Å²) in [5.41, 5.74) is 2.66. The lowest BCUT2D eigenvalue weighted by Gasteiger charge is -2.08. The van der Waals surface area contributed by atoms with E-state index in [-0.39, 0.29) is 0 Å². The fourth-order valence-electron chi connectivity index (χ4n) is 2.35. The molecule has 0 saturated carbocycles. The van der Waals surface area contributed by atoms with Crippen molar-refractivity contribution in [2.24, 2.45) is 0 Å². The molecule has 3 rings (SSSR count). The predicted molar refractivity (Wildman–Crippen MR) is 88.1 cm³/mol. The Hall–Kier alpha value is -1.59. The van der Waals surface area contributed by atoms with Gasteiger partial charge in [-0.05, 0) is 49.7 Å². The van der Waals surface area contributed by atoms with E-state index in [4.69, 9.17) is 0 Å². The minimum atomic E-state index is -3.57. The Morgan fingerprint density at radius 1 is 1.00 bits per heavy atom. The molecule has 0 aliphatic heterocycles. The summed E-state index contributed by atoms with van der Waals surface area (Å²) in [4.78, 5) is 0.299. The van der Waals surface area contributed by atoms with Gasteiger partial charge in [-0.2, -0.15) is 0 Å². The maximum Gasteiger partial charge on any atom is 0.268 e. The fraction of sp³-hybridized carbons (Fsp3) is 0.125. The molecule has 1 heterocycles. The third-order valence-corrected chi connectivity index (χ3v) is 5.69. The number of aromatic nitrogens is 1. The molecule has 0 spiro atoms. The third-order valence-electron chi connectivity index (χ3n) is 3.51. The molecule has 0 bridgehead atoms. The monoisotopic (exact) mass is 363 g/mol. The van der Waals surface area contributed by atoms with Gasteiger partial charge in [0.05, 0.1) is 10.4 Å². The molecule has 3 aromatic rings. The largest absolute Gasteiger partial charge is 0.268 e. The van der Waals surface area contributed by atoms with E-state index < -0.39 is 10.0 Å². The van der Waals surface area contributed by atoms with Gasteiger partial charge in [0.2, 0.25) is 0 Å². The van der Waals surface area contributed by atoms with Crippen LogP contribution in [-0.4, -0.2) is 12.4 Å². The number of benzene rings is 2. The number of hydrogen-bond donors (Lipinski definition) is 0. The normalized spacial score (nSPS) is 12.0. The van der Waals surface area contributed by atoms with Gasteiger partial charge >= 0.3 is 0 Å². The summed E-state index contributed by atoms with van der Waals surface area (Å²) in [6.45, 7) is 3.85. The lowest BCUT2D eigenvalue weighted by molar-refractivity contribution is 0.589. The molecule has 0 fully saturated rings. The summed E-state index contributed by atoms with van der Waals surface area (Å²) in [6.07, 6.45) is 1.67. The summed E-state index contributed by atoms with van der Waals surface area (Å²) < 4.78 is 27.9. The molecule has 0 unspecified atom stereocenters. The number of rotatable bonds is 2. The maximum absolute atomic E-state index is 12.8. The lowest BCUT2D eigenvalue weighted by atomic mass is 10.2. The molecule has 0 atom stereocenters. The average molecular weight is 364 g/mol. The maximum atomic E-state index is 12.8. The molecule has 0 aliphatic rings. The van der Waals surface area contributed by atoms with E-state index in [0.29, 0.717) is 10.4 Å². The van der Waals surface area contributed by atoms with Crippen LogP contribution < -0.4 is 0 Å². The van der Waals surface area contributed by atoms with Crippen molar-refractivity contribution in [3.8, 4) is 0 Å². The molecule has 3 nitrogen and oxygen atoms in total. The van der Waals surface area contributed by atoms with Crippen LogP contribution in [0, 0.1) is 13.8 Å². The Labute approximate surface area is 132 Å². The quantitative estimate of drug-likeness (QED) is 0.682. The van der Waals surface area contributed by atoms with Crippen LogP contribution in [0.3, 0.4) is 0 Å². The highest BCUT2D eigenvalue weighted by molar-refractivity contribution is 9.10. The number of hydrogen-bond acceptors (Lipinski definition) is 2. The standard InChI is InChI=1S/C16H14BrNO2S/c1-11-3-6-14(7-4-11)21(19,20)18-10-12(2)15-9-13(17)5-8-16(15)18/h3-10H,1-2H3. The second-order valence-electron chi connectivity index (χ2n) is 5.09. The molecular formula is C16H14BrNO2S. The zero-order chi connectivity index (χ0) is 15.2. The molecule has 5 heteroatoms. The van der Waals surface area contributed by atoms with Crippen molar-refractivity contribution in [1.29, 1.82) is 0 Å². The van der Waals surface area contributed by atoms with Crippen molar-refractivity contribution in [1.82, 2.24) is 3.97 Å². The van der Waals surface area contributed by atoms with Gasteiger partial charge in [0.25, 0.3) is 10.0 Å². The van der Waals surface area contributed by atoms with Gasteiger partial charge in [0.1, 0.15) is 0 Å². The van der Waals surface area contributed by atoms with Crippen molar-refractivity contribution >= 4 is 36.9 Å².